The Kier molecular flexibility index (Phi) is 5.43. The maximum atomic E-state index is 13.7. The number of carbonyl (C=O) groups excluding carboxylic acids is 2. The molecule has 1 aliphatic heterocycles. The second-order valence-corrected chi connectivity index (χ2v) is 6.82. The molecule has 0 aliphatic carbocycles. The molecule has 1 aliphatic rings. The molecular weight excluding hydrogens is 406 g/mol. The standard InChI is InChI=1S/C19H17F4N5O2/c1-10(19(21,22)23)26-18(30)27-5-6-28-13(8-24)15(11-3-2-4-12(20)7-11)16(17(25)29)14(28)9-27/h2-4,7,10H,5-6,9H2,1H3,(H2,25,29)(H,26,30)/t10-/m0/s1. The molecule has 1 aromatic heterocycles. The van der Waals surface area contributed by atoms with E-state index in [-0.39, 0.29) is 47.7 Å². The third-order valence-electron chi connectivity index (χ3n) is 4.89. The fourth-order valence-electron chi connectivity index (χ4n) is 3.40. The lowest BCUT2D eigenvalue weighted by Crippen LogP contribution is -2.51. The van der Waals surface area contributed by atoms with E-state index in [1.165, 1.54) is 22.8 Å². The number of nitrogens with zero attached hydrogens (tertiary/aromatic N) is 3. The van der Waals surface area contributed by atoms with Crippen LogP contribution < -0.4 is 11.1 Å². The van der Waals surface area contributed by atoms with E-state index in [0.29, 0.717) is 0 Å². The third kappa shape index (κ3) is 3.80. The zero-order valence-corrected chi connectivity index (χ0v) is 15.8. The molecule has 30 heavy (non-hydrogen) atoms. The lowest BCUT2D eigenvalue weighted by Gasteiger charge is -2.31. The van der Waals surface area contributed by atoms with Gasteiger partial charge in [0.05, 0.1) is 17.8 Å². The second kappa shape index (κ2) is 7.70. The number of nitriles is 1. The van der Waals surface area contributed by atoms with Crippen LogP contribution in [0.1, 0.15) is 28.7 Å². The minimum atomic E-state index is -4.61. The minimum absolute atomic E-state index is 0.00750. The zero-order chi connectivity index (χ0) is 22.2. The summed E-state index contributed by atoms with van der Waals surface area (Å²) in [5, 5.41) is 11.5. The van der Waals surface area contributed by atoms with Crippen LogP contribution in [0.25, 0.3) is 11.1 Å². The highest BCUT2D eigenvalue weighted by molar-refractivity contribution is 6.03. The largest absolute Gasteiger partial charge is 0.408 e. The van der Waals surface area contributed by atoms with E-state index in [1.807, 2.05) is 11.4 Å². The first kappa shape index (κ1) is 21.2. The summed E-state index contributed by atoms with van der Waals surface area (Å²) in [5.74, 6) is -1.48. The number of fused-ring (bicyclic) bond motifs is 1. The van der Waals surface area contributed by atoms with Crippen LogP contribution in [-0.2, 0) is 13.1 Å². The minimum Gasteiger partial charge on any atom is -0.366 e. The van der Waals surface area contributed by atoms with Gasteiger partial charge in [0.15, 0.2) is 0 Å². The van der Waals surface area contributed by atoms with Crippen molar-refractivity contribution in [3.8, 4) is 17.2 Å². The Hall–Kier alpha value is -3.55. The molecule has 0 unspecified atom stereocenters. The number of benzene rings is 1. The number of carbonyl (C=O) groups is 2. The van der Waals surface area contributed by atoms with Gasteiger partial charge in [-0.2, -0.15) is 18.4 Å². The van der Waals surface area contributed by atoms with Crippen LogP contribution in [-0.4, -0.2) is 40.2 Å². The number of primary amides is 1. The lowest BCUT2D eigenvalue weighted by molar-refractivity contribution is -0.149. The van der Waals surface area contributed by atoms with Gasteiger partial charge in [-0.15, -0.1) is 0 Å². The molecule has 0 saturated heterocycles. The van der Waals surface area contributed by atoms with Crippen molar-refractivity contribution in [2.24, 2.45) is 5.73 Å². The number of urea groups is 1. The first-order chi connectivity index (χ1) is 14.0. The maximum absolute atomic E-state index is 13.7. The van der Waals surface area contributed by atoms with Crippen molar-refractivity contribution in [3.05, 3.63) is 47.0 Å². The van der Waals surface area contributed by atoms with Crippen LogP contribution in [0, 0.1) is 17.1 Å². The molecular formula is C19H17F4N5O2. The number of alkyl halides is 3. The summed E-state index contributed by atoms with van der Waals surface area (Å²) in [6, 6.07) is 4.21. The smallest absolute Gasteiger partial charge is 0.366 e. The number of nitrogens with two attached hydrogens (primary N) is 1. The van der Waals surface area contributed by atoms with Crippen molar-refractivity contribution in [1.82, 2.24) is 14.8 Å². The lowest BCUT2D eigenvalue weighted by atomic mass is 9.99. The topological polar surface area (TPSA) is 104 Å². The Morgan fingerprint density at radius 2 is 2.00 bits per heavy atom. The fourth-order valence-corrected chi connectivity index (χ4v) is 3.40. The molecule has 0 fully saturated rings. The Balaban J connectivity index is 2.03. The SMILES string of the molecule is C[C@H](NC(=O)N1CCn2c(C#N)c(-c3cccc(F)c3)c(C(N)=O)c2C1)C(F)(F)F. The number of aromatic nitrogens is 1. The molecule has 0 bridgehead atoms. The van der Waals surface area contributed by atoms with Gasteiger partial charge < -0.3 is 20.5 Å². The number of hydrogen-bond acceptors (Lipinski definition) is 3. The monoisotopic (exact) mass is 423 g/mol. The van der Waals surface area contributed by atoms with Gasteiger partial charge in [0, 0.05) is 18.7 Å². The van der Waals surface area contributed by atoms with Crippen molar-refractivity contribution in [2.45, 2.75) is 32.2 Å². The Labute approximate surface area is 168 Å². The molecule has 0 spiro atoms. The van der Waals surface area contributed by atoms with E-state index >= 15 is 0 Å². The second-order valence-electron chi connectivity index (χ2n) is 6.82. The summed E-state index contributed by atoms with van der Waals surface area (Å²) in [7, 11) is 0. The van der Waals surface area contributed by atoms with E-state index in [0.717, 1.165) is 17.9 Å². The summed E-state index contributed by atoms with van der Waals surface area (Å²) in [5.41, 5.74) is 6.10. The average molecular weight is 423 g/mol. The van der Waals surface area contributed by atoms with Crippen molar-refractivity contribution >= 4 is 11.9 Å². The van der Waals surface area contributed by atoms with Gasteiger partial charge in [-0.05, 0) is 24.6 Å². The number of hydrogen-bond donors (Lipinski definition) is 2. The summed E-state index contributed by atoms with van der Waals surface area (Å²) < 4.78 is 53.4. The van der Waals surface area contributed by atoms with Gasteiger partial charge in [0.1, 0.15) is 23.6 Å². The molecule has 11 heteroatoms. The molecule has 1 aromatic carbocycles. The van der Waals surface area contributed by atoms with Crippen molar-refractivity contribution in [3.63, 3.8) is 0 Å². The first-order valence-corrected chi connectivity index (χ1v) is 8.88. The van der Waals surface area contributed by atoms with E-state index in [1.54, 1.807) is 0 Å². The summed E-state index contributed by atoms with van der Waals surface area (Å²) in [6.07, 6.45) is -4.61. The third-order valence-corrected chi connectivity index (χ3v) is 4.89. The van der Waals surface area contributed by atoms with Crippen LogP contribution in [0.3, 0.4) is 0 Å². The zero-order valence-electron chi connectivity index (χ0n) is 15.8. The predicted octanol–water partition coefficient (Wildman–Crippen LogP) is 2.74. The highest BCUT2D eigenvalue weighted by Crippen LogP contribution is 2.35. The molecule has 7 nitrogen and oxygen atoms in total. The normalized spacial score (nSPS) is 14.6. The van der Waals surface area contributed by atoms with Gasteiger partial charge in [-0.1, -0.05) is 12.1 Å². The van der Waals surface area contributed by atoms with Crippen molar-refractivity contribution < 1.29 is 27.2 Å². The Bertz CT molecular complexity index is 1050. The summed E-state index contributed by atoms with van der Waals surface area (Å²) in [6.45, 7) is 0.642. The maximum Gasteiger partial charge on any atom is 0.408 e. The van der Waals surface area contributed by atoms with Crippen LogP contribution in [0.2, 0.25) is 0 Å². The molecule has 1 atom stereocenters. The molecule has 0 radical (unpaired) electrons. The number of nitrogens with one attached hydrogen (secondary N) is 1. The van der Waals surface area contributed by atoms with Crippen LogP contribution in [0.5, 0.6) is 0 Å². The number of rotatable bonds is 3. The summed E-state index contributed by atoms with van der Waals surface area (Å²) in [4.78, 5) is 25.6. The predicted molar refractivity (Wildman–Crippen MR) is 97.5 cm³/mol. The summed E-state index contributed by atoms with van der Waals surface area (Å²) >= 11 is 0. The molecule has 3 rings (SSSR count). The van der Waals surface area contributed by atoms with Crippen molar-refractivity contribution in [2.75, 3.05) is 6.54 Å². The van der Waals surface area contributed by atoms with Crippen LogP contribution >= 0.6 is 0 Å². The molecule has 3 N–H and O–H groups in total. The van der Waals surface area contributed by atoms with Crippen LogP contribution in [0.4, 0.5) is 22.4 Å². The number of halogens is 4. The molecule has 2 aromatic rings. The molecule has 0 saturated carbocycles. The van der Waals surface area contributed by atoms with Gasteiger partial charge in [0.25, 0.3) is 5.91 Å². The van der Waals surface area contributed by atoms with Crippen molar-refractivity contribution in [1.29, 1.82) is 5.26 Å². The van der Waals surface area contributed by atoms with Crippen LogP contribution in [0.15, 0.2) is 24.3 Å². The quantitative estimate of drug-likeness (QED) is 0.742. The highest BCUT2D eigenvalue weighted by atomic mass is 19.4. The Morgan fingerprint density at radius 3 is 2.57 bits per heavy atom. The van der Waals surface area contributed by atoms with Gasteiger partial charge in [-0.25, -0.2) is 9.18 Å². The molecule has 2 heterocycles. The first-order valence-electron chi connectivity index (χ1n) is 8.88. The van der Waals surface area contributed by atoms with E-state index in [4.69, 9.17) is 5.73 Å². The molecule has 158 valence electrons. The Morgan fingerprint density at radius 1 is 1.30 bits per heavy atom. The highest BCUT2D eigenvalue weighted by Gasteiger charge is 2.39. The van der Waals surface area contributed by atoms with Gasteiger partial charge in [0.2, 0.25) is 0 Å². The van der Waals surface area contributed by atoms with Gasteiger partial charge >= 0.3 is 12.2 Å². The molecule has 3 amide bonds. The van der Waals surface area contributed by atoms with E-state index in [2.05, 4.69) is 0 Å². The fraction of sp³-hybridized carbons (Fsp3) is 0.316. The van der Waals surface area contributed by atoms with Gasteiger partial charge in [-0.3, -0.25) is 4.79 Å². The average Bonchev–Trinajstić information content (AvgIpc) is 3.00. The number of amides is 3. The van der Waals surface area contributed by atoms with E-state index < -0.39 is 30.0 Å². The van der Waals surface area contributed by atoms with E-state index in [9.17, 15) is 32.4 Å².